The highest BCUT2D eigenvalue weighted by Gasteiger charge is 2.36. The van der Waals surface area contributed by atoms with Gasteiger partial charge >= 0.3 is 0 Å². The second-order valence-electron chi connectivity index (χ2n) is 8.08. The molecule has 1 aliphatic heterocycles. The van der Waals surface area contributed by atoms with E-state index in [1.54, 1.807) is 17.0 Å². The average Bonchev–Trinajstić information content (AvgIpc) is 2.56. The smallest absolute Gasteiger partial charge is 0.283 e. The number of benzene rings is 1. The first-order valence-electron chi connectivity index (χ1n) is 9.08. The first-order valence-corrected chi connectivity index (χ1v) is 10.1. The van der Waals surface area contributed by atoms with Gasteiger partial charge in [-0.25, -0.2) is 0 Å². The highest BCUT2D eigenvalue weighted by molar-refractivity contribution is 7.99. The maximum Gasteiger partial charge on any atom is 0.283 e. The van der Waals surface area contributed by atoms with Crippen LogP contribution in [0, 0.1) is 21.4 Å². The number of carbonyl (C=O) groups excluding carboxylic acids is 1. The molecule has 1 saturated heterocycles. The molecule has 26 heavy (non-hydrogen) atoms. The fourth-order valence-electron chi connectivity index (χ4n) is 3.05. The lowest BCUT2D eigenvalue weighted by molar-refractivity contribution is -0.387. The number of piperidine rings is 1. The van der Waals surface area contributed by atoms with Crippen LogP contribution >= 0.6 is 11.8 Å². The molecule has 2 rings (SSSR count). The van der Waals surface area contributed by atoms with Crippen LogP contribution in [0.4, 0.5) is 5.69 Å². The summed E-state index contributed by atoms with van der Waals surface area (Å²) in [7, 11) is 0. The third-order valence-electron chi connectivity index (χ3n) is 4.95. The second-order valence-corrected chi connectivity index (χ2v) is 9.22. The number of nitrogens with two attached hydrogens (primary N) is 1. The molecule has 0 saturated carbocycles. The number of rotatable bonds is 6. The maximum atomic E-state index is 12.8. The van der Waals surface area contributed by atoms with Gasteiger partial charge in [-0.15, -0.1) is 11.8 Å². The number of hydrogen-bond acceptors (Lipinski definition) is 5. The zero-order valence-corrected chi connectivity index (χ0v) is 16.8. The Balaban J connectivity index is 2.18. The van der Waals surface area contributed by atoms with Gasteiger partial charge < -0.3 is 10.6 Å². The topological polar surface area (TPSA) is 89.5 Å². The van der Waals surface area contributed by atoms with Crippen molar-refractivity contribution in [3.8, 4) is 0 Å². The monoisotopic (exact) mass is 379 g/mol. The van der Waals surface area contributed by atoms with Crippen LogP contribution in [0.5, 0.6) is 0 Å². The van der Waals surface area contributed by atoms with Crippen molar-refractivity contribution in [2.24, 2.45) is 17.1 Å². The average molecular weight is 380 g/mol. The van der Waals surface area contributed by atoms with Crippen molar-refractivity contribution in [1.29, 1.82) is 0 Å². The predicted octanol–water partition coefficient (Wildman–Crippen LogP) is 3.93. The van der Waals surface area contributed by atoms with Crippen LogP contribution in [0.25, 0.3) is 0 Å². The van der Waals surface area contributed by atoms with E-state index in [4.69, 9.17) is 5.73 Å². The molecule has 0 radical (unpaired) electrons. The first-order chi connectivity index (χ1) is 12.1. The van der Waals surface area contributed by atoms with Gasteiger partial charge in [-0.3, -0.25) is 14.9 Å². The Morgan fingerprint density at radius 1 is 1.46 bits per heavy atom. The van der Waals surface area contributed by atoms with Gasteiger partial charge in [0.25, 0.3) is 11.6 Å². The van der Waals surface area contributed by atoms with Crippen molar-refractivity contribution in [3.63, 3.8) is 0 Å². The number of likely N-dealkylation sites (tertiary alicyclic amines) is 1. The number of hydrogen-bond donors (Lipinski definition) is 1. The van der Waals surface area contributed by atoms with Crippen molar-refractivity contribution in [1.82, 2.24) is 4.90 Å². The summed E-state index contributed by atoms with van der Waals surface area (Å²) in [5.74, 6) is 1.22. The molecule has 1 amide bonds. The summed E-state index contributed by atoms with van der Waals surface area (Å²) in [5, 5.41) is 11.5. The van der Waals surface area contributed by atoms with Gasteiger partial charge in [0.15, 0.2) is 0 Å². The van der Waals surface area contributed by atoms with Crippen LogP contribution in [-0.4, -0.2) is 40.6 Å². The Morgan fingerprint density at radius 3 is 2.73 bits per heavy atom. The van der Waals surface area contributed by atoms with E-state index in [1.807, 2.05) is 13.8 Å². The van der Waals surface area contributed by atoms with Crippen molar-refractivity contribution in [2.45, 2.75) is 51.5 Å². The van der Waals surface area contributed by atoms with Crippen molar-refractivity contribution < 1.29 is 9.72 Å². The SMILES string of the molecule is CC(C)CCSc1ccc(C(=O)N2CCC(N)C(C)(C)C2)cc1[N+](=O)[O-]. The van der Waals surface area contributed by atoms with Crippen molar-refractivity contribution in [3.05, 3.63) is 33.9 Å². The minimum atomic E-state index is -0.398. The van der Waals surface area contributed by atoms with E-state index in [9.17, 15) is 14.9 Å². The lowest BCUT2D eigenvalue weighted by atomic mass is 9.79. The molecular weight excluding hydrogens is 350 g/mol. The van der Waals surface area contributed by atoms with Crippen LogP contribution < -0.4 is 5.73 Å². The second kappa shape index (κ2) is 8.39. The van der Waals surface area contributed by atoms with E-state index in [2.05, 4.69) is 13.8 Å². The summed E-state index contributed by atoms with van der Waals surface area (Å²) in [6, 6.07) is 4.88. The number of nitro groups is 1. The Morgan fingerprint density at radius 2 is 2.15 bits per heavy atom. The van der Waals surface area contributed by atoms with Crippen molar-refractivity contribution >= 4 is 23.4 Å². The van der Waals surface area contributed by atoms with E-state index < -0.39 is 4.92 Å². The number of carbonyl (C=O) groups is 1. The zero-order valence-electron chi connectivity index (χ0n) is 16.0. The highest BCUT2D eigenvalue weighted by atomic mass is 32.2. The molecule has 6 nitrogen and oxygen atoms in total. The van der Waals surface area contributed by atoms with E-state index >= 15 is 0 Å². The van der Waals surface area contributed by atoms with E-state index in [-0.39, 0.29) is 23.1 Å². The molecule has 1 atom stereocenters. The molecule has 1 unspecified atom stereocenters. The Labute approximate surface area is 159 Å². The summed E-state index contributed by atoms with van der Waals surface area (Å²) in [6.45, 7) is 9.50. The van der Waals surface area contributed by atoms with Gasteiger partial charge in [0.05, 0.1) is 9.82 Å². The molecule has 1 aromatic carbocycles. The highest BCUT2D eigenvalue weighted by Crippen LogP contribution is 2.33. The molecule has 0 bridgehead atoms. The number of amides is 1. The van der Waals surface area contributed by atoms with Gasteiger partial charge in [-0.05, 0) is 42.1 Å². The quantitative estimate of drug-likeness (QED) is 0.459. The third kappa shape index (κ3) is 4.98. The summed E-state index contributed by atoms with van der Waals surface area (Å²) >= 11 is 1.48. The molecule has 2 N–H and O–H groups in total. The molecule has 0 aliphatic carbocycles. The molecule has 1 heterocycles. The third-order valence-corrected chi connectivity index (χ3v) is 6.05. The van der Waals surface area contributed by atoms with Crippen molar-refractivity contribution in [2.75, 3.05) is 18.8 Å². The van der Waals surface area contributed by atoms with Crippen LogP contribution in [-0.2, 0) is 0 Å². The number of thioether (sulfide) groups is 1. The fourth-order valence-corrected chi connectivity index (χ4v) is 4.30. The van der Waals surface area contributed by atoms with Gasteiger partial charge in [-0.2, -0.15) is 0 Å². The lowest BCUT2D eigenvalue weighted by Crippen LogP contribution is -2.54. The van der Waals surface area contributed by atoms with Crippen LogP contribution in [0.3, 0.4) is 0 Å². The Bertz CT molecular complexity index is 676. The summed E-state index contributed by atoms with van der Waals surface area (Å²) < 4.78 is 0. The molecule has 0 aromatic heterocycles. The van der Waals surface area contributed by atoms with E-state index in [0.29, 0.717) is 29.5 Å². The van der Waals surface area contributed by atoms with Crippen LogP contribution in [0.15, 0.2) is 23.1 Å². The normalized spacial score (nSPS) is 19.6. The van der Waals surface area contributed by atoms with E-state index in [1.165, 1.54) is 17.8 Å². The molecular formula is C19H29N3O3S. The number of nitrogens with zero attached hydrogens (tertiary/aromatic N) is 2. The molecule has 1 aliphatic rings. The Hall–Kier alpha value is -1.60. The predicted molar refractivity (Wildman–Crippen MR) is 106 cm³/mol. The largest absolute Gasteiger partial charge is 0.338 e. The summed E-state index contributed by atoms with van der Waals surface area (Å²) in [5.41, 5.74) is 6.36. The lowest BCUT2D eigenvalue weighted by Gasteiger charge is -2.42. The minimum Gasteiger partial charge on any atom is -0.338 e. The molecule has 1 aromatic rings. The maximum absolute atomic E-state index is 12.8. The summed E-state index contributed by atoms with van der Waals surface area (Å²) in [4.78, 5) is 26.3. The van der Waals surface area contributed by atoms with Crippen LogP contribution in [0.1, 0.15) is 50.9 Å². The van der Waals surface area contributed by atoms with Crippen LogP contribution in [0.2, 0.25) is 0 Å². The Kier molecular flexibility index (Phi) is 6.69. The molecule has 0 spiro atoms. The zero-order chi connectivity index (χ0) is 19.5. The molecule has 7 heteroatoms. The standard InChI is InChI=1S/C19H29N3O3S/c1-13(2)8-10-26-16-6-5-14(11-15(16)22(24)25)18(23)21-9-7-17(20)19(3,4)12-21/h5-6,11,13,17H,7-10,12,20H2,1-4H3. The number of nitro benzene ring substituents is 1. The summed E-state index contributed by atoms with van der Waals surface area (Å²) in [6.07, 6.45) is 1.73. The minimum absolute atomic E-state index is 0.0116. The fraction of sp³-hybridized carbons (Fsp3) is 0.632. The van der Waals surface area contributed by atoms with Gasteiger partial charge in [0.1, 0.15) is 0 Å². The van der Waals surface area contributed by atoms with Gasteiger partial charge in [0, 0.05) is 30.8 Å². The van der Waals surface area contributed by atoms with Gasteiger partial charge in [-0.1, -0.05) is 27.7 Å². The van der Waals surface area contributed by atoms with E-state index in [0.717, 1.165) is 18.6 Å². The first kappa shape index (κ1) is 20.7. The molecule has 144 valence electrons. The van der Waals surface area contributed by atoms with Gasteiger partial charge in [0.2, 0.25) is 0 Å². The molecule has 1 fully saturated rings.